The second-order valence-corrected chi connectivity index (χ2v) is 2.82. The van der Waals surface area contributed by atoms with Gasteiger partial charge >= 0.3 is 5.97 Å². The van der Waals surface area contributed by atoms with Crippen LogP contribution in [0.25, 0.3) is 0 Å². The summed E-state index contributed by atoms with van der Waals surface area (Å²) in [6.45, 7) is 1.57. The molecule has 5 heteroatoms. The summed E-state index contributed by atoms with van der Waals surface area (Å²) in [6.07, 6.45) is 1.32. The summed E-state index contributed by atoms with van der Waals surface area (Å²) in [5, 5.41) is 0. The summed E-state index contributed by atoms with van der Waals surface area (Å²) in [5.41, 5.74) is 0.313. The van der Waals surface area contributed by atoms with E-state index < -0.39 is 12.1 Å². The van der Waals surface area contributed by atoms with E-state index in [0.717, 1.165) is 0 Å². The number of aldehydes is 1. The molecule has 0 aliphatic carbocycles. The van der Waals surface area contributed by atoms with Crippen molar-refractivity contribution in [2.45, 2.75) is 13.0 Å². The van der Waals surface area contributed by atoms with Crippen molar-refractivity contribution in [2.75, 3.05) is 7.11 Å². The Morgan fingerprint density at radius 3 is 2.73 bits per heavy atom. The Hall–Kier alpha value is -1.91. The van der Waals surface area contributed by atoms with E-state index in [1.54, 1.807) is 13.0 Å². The summed E-state index contributed by atoms with van der Waals surface area (Å²) in [5.74, 6) is -0.0482. The maximum Gasteiger partial charge on any atom is 0.346 e. The Morgan fingerprint density at radius 2 is 2.27 bits per heavy atom. The molecule has 0 fully saturated rings. The molecule has 0 aromatic carbocycles. The fourth-order valence-corrected chi connectivity index (χ4v) is 0.949. The third-order valence-electron chi connectivity index (χ3n) is 1.73. The van der Waals surface area contributed by atoms with Gasteiger partial charge in [-0.15, -0.1) is 0 Å². The Labute approximate surface area is 87.0 Å². The van der Waals surface area contributed by atoms with Crippen molar-refractivity contribution < 1.29 is 19.1 Å². The number of rotatable bonds is 4. The van der Waals surface area contributed by atoms with E-state index in [1.807, 2.05) is 0 Å². The minimum absolute atomic E-state index is 0.313. The molecule has 15 heavy (non-hydrogen) atoms. The molecule has 0 aliphatic rings. The Morgan fingerprint density at radius 1 is 1.53 bits per heavy atom. The number of nitrogens with zero attached hydrogens (tertiary/aromatic N) is 1. The first-order chi connectivity index (χ1) is 7.17. The fraction of sp³-hybridized carbons (Fsp3) is 0.300. The number of esters is 1. The van der Waals surface area contributed by atoms with Crippen LogP contribution in [0.3, 0.4) is 0 Å². The van der Waals surface area contributed by atoms with E-state index in [-0.39, 0.29) is 0 Å². The highest BCUT2D eigenvalue weighted by Gasteiger charge is 2.14. The van der Waals surface area contributed by atoms with E-state index in [1.165, 1.54) is 19.4 Å². The first-order valence-electron chi connectivity index (χ1n) is 4.33. The molecule has 1 rings (SSSR count). The van der Waals surface area contributed by atoms with Gasteiger partial charge < -0.3 is 9.47 Å². The number of hydrogen-bond donors (Lipinski definition) is 0. The van der Waals surface area contributed by atoms with Crippen LogP contribution in [0, 0.1) is 0 Å². The van der Waals surface area contributed by atoms with Crippen LogP contribution in [0.1, 0.15) is 17.4 Å². The van der Waals surface area contributed by atoms with E-state index >= 15 is 0 Å². The number of aromatic nitrogens is 1. The monoisotopic (exact) mass is 209 g/mol. The van der Waals surface area contributed by atoms with Crippen LogP contribution in [0.15, 0.2) is 18.3 Å². The average molecular weight is 209 g/mol. The molecule has 0 saturated carbocycles. The molecular formula is C10H11NO4. The Kier molecular flexibility index (Phi) is 3.79. The van der Waals surface area contributed by atoms with Crippen LogP contribution >= 0.6 is 0 Å². The molecule has 1 unspecified atom stereocenters. The average Bonchev–Trinajstić information content (AvgIpc) is 2.29. The first-order valence-corrected chi connectivity index (χ1v) is 4.33. The fourth-order valence-electron chi connectivity index (χ4n) is 0.949. The van der Waals surface area contributed by atoms with Gasteiger partial charge in [0.2, 0.25) is 0 Å². The SMILES string of the molecule is COC(=O)C(C)Oc1ccc(C=O)nc1. The summed E-state index contributed by atoms with van der Waals surface area (Å²) in [4.78, 5) is 25.1. The van der Waals surface area contributed by atoms with Crippen LogP contribution in [-0.2, 0) is 9.53 Å². The van der Waals surface area contributed by atoms with E-state index in [9.17, 15) is 9.59 Å². The lowest BCUT2D eigenvalue weighted by molar-refractivity contribution is -0.147. The molecule has 0 aliphatic heterocycles. The number of carbonyl (C=O) groups is 2. The van der Waals surface area contributed by atoms with Crippen molar-refractivity contribution in [3.63, 3.8) is 0 Å². The van der Waals surface area contributed by atoms with E-state index in [4.69, 9.17) is 4.74 Å². The quantitative estimate of drug-likeness (QED) is 0.543. The van der Waals surface area contributed by atoms with Gasteiger partial charge in [-0.25, -0.2) is 9.78 Å². The third-order valence-corrected chi connectivity index (χ3v) is 1.73. The summed E-state index contributed by atoms with van der Waals surface area (Å²) in [7, 11) is 1.29. The van der Waals surface area contributed by atoms with Gasteiger partial charge in [0.1, 0.15) is 11.4 Å². The summed E-state index contributed by atoms with van der Waals surface area (Å²) in [6, 6.07) is 3.07. The second kappa shape index (κ2) is 5.09. The number of hydrogen-bond acceptors (Lipinski definition) is 5. The van der Waals surface area contributed by atoms with Crippen LogP contribution in [0.2, 0.25) is 0 Å². The second-order valence-electron chi connectivity index (χ2n) is 2.82. The smallest absolute Gasteiger partial charge is 0.346 e. The highest BCUT2D eigenvalue weighted by molar-refractivity contribution is 5.74. The largest absolute Gasteiger partial charge is 0.477 e. The van der Waals surface area contributed by atoms with Gasteiger partial charge in [-0.2, -0.15) is 0 Å². The van der Waals surface area contributed by atoms with Crippen molar-refractivity contribution in [2.24, 2.45) is 0 Å². The summed E-state index contributed by atoms with van der Waals surface area (Å²) < 4.78 is 9.70. The molecule has 0 bridgehead atoms. The highest BCUT2D eigenvalue weighted by Crippen LogP contribution is 2.10. The molecule has 1 atom stereocenters. The number of carbonyl (C=O) groups excluding carboxylic acids is 2. The van der Waals surface area contributed by atoms with Gasteiger partial charge in [0.05, 0.1) is 13.3 Å². The number of pyridine rings is 1. The molecule has 80 valence electrons. The lowest BCUT2D eigenvalue weighted by Gasteiger charge is -2.11. The summed E-state index contributed by atoms with van der Waals surface area (Å²) >= 11 is 0. The molecule has 0 radical (unpaired) electrons. The van der Waals surface area contributed by atoms with Gasteiger partial charge in [0, 0.05) is 0 Å². The maximum absolute atomic E-state index is 11.0. The minimum Gasteiger partial charge on any atom is -0.477 e. The van der Waals surface area contributed by atoms with Crippen molar-refractivity contribution in [3.05, 3.63) is 24.0 Å². The molecule has 1 aromatic heterocycles. The molecular weight excluding hydrogens is 198 g/mol. The van der Waals surface area contributed by atoms with Gasteiger partial charge in [0.15, 0.2) is 12.4 Å². The highest BCUT2D eigenvalue weighted by atomic mass is 16.6. The van der Waals surface area contributed by atoms with E-state index in [0.29, 0.717) is 17.7 Å². The molecule has 0 saturated heterocycles. The molecule has 0 spiro atoms. The standard InChI is InChI=1S/C10H11NO4/c1-7(10(13)14-2)15-9-4-3-8(6-12)11-5-9/h3-7H,1-2H3. The molecule has 0 N–H and O–H groups in total. The number of methoxy groups -OCH3 is 1. The topological polar surface area (TPSA) is 65.5 Å². The van der Waals surface area contributed by atoms with Crippen molar-refractivity contribution >= 4 is 12.3 Å². The zero-order valence-corrected chi connectivity index (χ0v) is 8.47. The zero-order chi connectivity index (χ0) is 11.3. The van der Waals surface area contributed by atoms with E-state index in [2.05, 4.69) is 9.72 Å². The van der Waals surface area contributed by atoms with Crippen molar-refractivity contribution in [1.29, 1.82) is 0 Å². The Bertz CT molecular complexity index is 347. The minimum atomic E-state index is -0.695. The van der Waals surface area contributed by atoms with Crippen molar-refractivity contribution in [1.82, 2.24) is 4.98 Å². The predicted octanol–water partition coefficient (Wildman–Crippen LogP) is 0.834. The predicted molar refractivity (Wildman–Crippen MR) is 51.7 cm³/mol. The van der Waals surface area contributed by atoms with Gasteiger partial charge in [-0.1, -0.05) is 0 Å². The maximum atomic E-state index is 11.0. The molecule has 5 nitrogen and oxygen atoms in total. The van der Waals surface area contributed by atoms with Crippen LogP contribution in [0.5, 0.6) is 5.75 Å². The number of ether oxygens (including phenoxy) is 2. The first kappa shape index (κ1) is 11.2. The normalized spacial score (nSPS) is 11.6. The van der Waals surface area contributed by atoms with Gasteiger partial charge in [-0.05, 0) is 19.1 Å². The third kappa shape index (κ3) is 3.05. The van der Waals surface area contributed by atoms with Crippen LogP contribution < -0.4 is 4.74 Å². The van der Waals surface area contributed by atoms with Crippen LogP contribution in [0.4, 0.5) is 0 Å². The van der Waals surface area contributed by atoms with Crippen LogP contribution in [-0.4, -0.2) is 30.5 Å². The molecule has 1 aromatic rings. The Balaban J connectivity index is 2.64. The van der Waals surface area contributed by atoms with Crippen molar-refractivity contribution in [3.8, 4) is 5.75 Å². The molecule has 0 amide bonds. The molecule has 1 heterocycles. The lowest BCUT2D eigenvalue weighted by atomic mass is 10.3. The zero-order valence-electron chi connectivity index (χ0n) is 8.47. The van der Waals surface area contributed by atoms with Gasteiger partial charge in [0.25, 0.3) is 0 Å². The lowest BCUT2D eigenvalue weighted by Crippen LogP contribution is -2.24. The van der Waals surface area contributed by atoms with Gasteiger partial charge in [-0.3, -0.25) is 4.79 Å².